The fourth-order valence-corrected chi connectivity index (χ4v) is 4.60. The molecule has 3 rings (SSSR count). The lowest BCUT2D eigenvalue weighted by Gasteiger charge is -2.27. The average Bonchev–Trinajstić information content (AvgIpc) is 3.07. The second kappa shape index (κ2) is 7.47. The molecule has 0 spiro atoms. The van der Waals surface area contributed by atoms with Crippen molar-refractivity contribution >= 4 is 21.6 Å². The SMILES string of the molecule is Cc1ccccc1N(CC(=O)N1CCC(N)C1)S(=O)(=O)c1ccccc1. The van der Waals surface area contributed by atoms with Crippen LogP contribution in [-0.2, 0) is 14.8 Å². The summed E-state index contributed by atoms with van der Waals surface area (Å²) >= 11 is 0. The molecule has 26 heavy (non-hydrogen) atoms. The highest BCUT2D eigenvalue weighted by molar-refractivity contribution is 7.92. The Labute approximate surface area is 154 Å². The van der Waals surface area contributed by atoms with Crippen molar-refractivity contribution in [1.29, 1.82) is 0 Å². The Kier molecular flexibility index (Phi) is 5.29. The fourth-order valence-electron chi connectivity index (χ4n) is 3.10. The smallest absolute Gasteiger partial charge is 0.264 e. The van der Waals surface area contributed by atoms with Crippen LogP contribution in [0.2, 0.25) is 0 Å². The molecule has 1 unspecified atom stereocenters. The first kappa shape index (κ1) is 18.4. The molecular weight excluding hydrogens is 350 g/mol. The minimum absolute atomic E-state index is 0.0448. The van der Waals surface area contributed by atoms with Gasteiger partial charge in [-0.25, -0.2) is 8.42 Å². The normalized spacial score (nSPS) is 17.3. The van der Waals surface area contributed by atoms with Crippen LogP contribution in [0.5, 0.6) is 0 Å². The highest BCUT2D eigenvalue weighted by Crippen LogP contribution is 2.27. The van der Waals surface area contributed by atoms with E-state index >= 15 is 0 Å². The molecular formula is C19H23N3O3S. The van der Waals surface area contributed by atoms with Crippen LogP contribution >= 0.6 is 0 Å². The van der Waals surface area contributed by atoms with Gasteiger partial charge in [-0.1, -0.05) is 36.4 Å². The molecule has 1 atom stereocenters. The van der Waals surface area contributed by atoms with E-state index in [0.29, 0.717) is 18.8 Å². The van der Waals surface area contributed by atoms with Gasteiger partial charge in [0.05, 0.1) is 10.6 Å². The van der Waals surface area contributed by atoms with Crippen molar-refractivity contribution in [1.82, 2.24) is 4.90 Å². The van der Waals surface area contributed by atoms with Crippen LogP contribution < -0.4 is 10.0 Å². The highest BCUT2D eigenvalue weighted by Gasteiger charge is 2.31. The zero-order chi connectivity index (χ0) is 18.7. The van der Waals surface area contributed by atoms with E-state index in [9.17, 15) is 13.2 Å². The number of para-hydroxylation sites is 1. The highest BCUT2D eigenvalue weighted by atomic mass is 32.2. The maximum atomic E-state index is 13.2. The summed E-state index contributed by atoms with van der Waals surface area (Å²) in [4.78, 5) is 14.5. The topological polar surface area (TPSA) is 83.7 Å². The van der Waals surface area contributed by atoms with E-state index in [-0.39, 0.29) is 23.4 Å². The number of carbonyl (C=O) groups excluding carboxylic acids is 1. The van der Waals surface area contributed by atoms with Crippen LogP contribution in [0.1, 0.15) is 12.0 Å². The summed E-state index contributed by atoms with van der Waals surface area (Å²) in [5.41, 5.74) is 7.18. The van der Waals surface area contributed by atoms with Crippen molar-refractivity contribution in [3.05, 3.63) is 60.2 Å². The fraction of sp³-hybridized carbons (Fsp3) is 0.316. The Morgan fingerprint density at radius 2 is 1.81 bits per heavy atom. The van der Waals surface area contributed by atoms with Crippen molar-refractivity contribution < 1.29 is 13.2 Å². The van der Waals surface area contributed by atoms with E-state index in [4.69, 9.17) is 5.73 Å². The van der Waals surface area contributed by atoms with Crippen LogP contribution in [0.4, 0.5) is 5.69 Å². The molecule has 1 saturated heterocycles. The zero-order valence-electron chi connectivity index (χ0n) is 14.7. The summed E-state index contributed by atoms with van der Waals surface area (Å²) in [6.07, 6.45) is 0.738. The molecule has 1 amide bonds. The van der Waals surface area contributed by atoms with Gasteiger partial charge in [-0.2, -0.15) is 0 Å². The molecule has 138 valence electrons. The van der Waals surface area contributed by atoms with Gasteiger partial charge in [-0.15, -0.1) is 0 Å². The van der Waals surface area contributed by atoms with Gasteiger partial charge in [-0.05, 0) is 37.1 Å². The molecule has 6 nitrogen and oxygen atoms in total. The molecule has 0 radical (unpaired) electrons. The van der Waals surface area contributed by atoms with Gasteiger partial charge in [0.1, 0.15) is 6.54 Å². The minimum Gasteiger partial charge on any atom is -0.340 e. The van der Waals surface area contributed by atoms with Crippen LogP contribution in [0.25, 0.3) is 0 Å². The number of carbonyl (C=O) groups is 1. The summed E-state index contributed by atoms with van der Waals surface area (Å²) in [6.45, 7) is 2.62. The summed E-state index contributed by atoms with van der Waals surface area (Å²) in [5.74, 6) is -0.235. The van der Waals surface area contributed by atoms with E-state index < -0.39 is 10.0 Å². The zero-order valence-corrected chi connectivity index (χ0v) is 15.5. The largest absolute Gasteiger partial charge is 0.340 e. The number of amides is 1. The van der Waals surface area contributed by atoms with E-state index in [0.717, 1.165) is 12.0 Å². The van der Waals surface area contributed by atoms with Crippen molar-refractivity contribution in [2.75, 3.05) is 23.9 Å². The molecule has 0 aromatic heterocycles. The standard InChI is InChI=1S/C19H23N3O3S/c1-15-7-5-6-10-18(15)22(14-19(23)21-12-11-16(20)13-21)26(24,25)17-8-3-2-4-9-17/h2-10,16H,11-14,20H2,1H3. The average molecular weight is 373 g/mol. The maximum Gasteiger partial charge on any atom is 0.264 e. The summed E-state index contributed by atoms with van der Waals surface area (Å²) in [7, 11) is -3.86. The quantitative estimate of drug-likeness (QED) is 0.865. The van der Waals surface area contributed by atoms with Gasteiger partial charge in [0.2, 0.25) is 5.91 Å². The number of nitrogens with zero attached hydrogens (tertiary/aromatic N) is 2. The van der Waals surface area contributed by atoms with Gasteiger partial charge >= 0.3 is 0 Å². The number of hydrogen-bond acceptors (Lipinski definition) is 4. The van der Waals surface area contributed by atoms with Gasteiger partial charge in [0.25, 0.3) is 10.0 Å². The third-order valence-electron chi connectivity index (χ3n) is 4.57. The molecule has 2 aromatic carbocycles. The predicted octanol–water partition coefficient (Wildman–Crippen LogP) is 1.75. The first-order valence-corrected chi connectivity index (χ1v) is 10.0. The van der Waals surface area contributed by atoms with Gasteiger partial charge in [-0.3, -0.25) is 9.10 Å². The number of sulfonamides is 1. The van der Waals surface area contributed by atoms with Crippen LogP contribution in [-0.4, -0.2) is 44.9 Å². The molecule has 0 aliphatic carbocycles. The number of likely N-dealkylation sites (tertiary alicyclic amines) is 1. The van der Waals surface area contributed by atoms with Crippen molar-refractivity contribution in [2.45, 2.75) is 24.3 Å². The second-order valence-electron chi connectivity index (χ2n) is 6.50. The lowest BCUT2D eigenvalue weighted by Crippen LogP contribution is -2.43. The van der Waals surface area contributed by atoms with E-state index in [1.807, 2.05) is 19.1 Å². The first-order chi connectivity index (χ1) is 12.4. The predicted molar refractivity (Wildman–Crippen MR) is 101 cm³/mol. The van der Waals surface area contributed by atoms with Crippen LogP contribution in [0.3, 0.4) is 0 Å². The number of nitrogens with two attached hydrogens (primary N) is 1. The third kappa shape index (κ3) is 3.73. The Balaban J connectivity index is 1.98. The Hall–Kier alpha value is -2.38. The van der Waals surface area contributed by atoms with E-state index in [1.165, 1.54) is 16.4 Å². The molecule has 1 aliphatic heterocycles. The molecule has 2 aromatic rings. The van der Waals surface area contributed by atoms with Crippen molar-refractivity contribution in [3.63, 3.8) is 0 Å². The van der Waals surface area contributed by atoms with Crippen molar-refractivity contribution in [2.24, 2.45) is 5.73 Å². The second-order valence-corrected chi connectivity index (χ2v) is 8.36. The van der Waals surface area contributed by atoms with E-state index in [2.05, 4.69) is 0 Å². The lowest BCUT2D eigenvalue weighted by atomic mass is 10.2. The number of rotatable bonds is 5. The number of hydrogen-bond donors (Lipinski definition) is 1. The monoisotopic (exact) mass is 373 g/mol. The number of aryl methyl sites for hydroxylation is 1. The Morgan fingerprint density at radius 1 is 1.15 bits per heavy atom. The summed E-state index contributed by atoms with van der Waals surface area (Å²) < 4.78 is 27.7. The van der Waals surface area contributed by atoms with Crippen LogP contribution in [0, 0.1) is 6.92 Å². The van der Waals surface area contributed by atoms with Gasteiger partial charge in [0, 0.05) is 19.1 Å². The molecule has 1 fully saturated rings. The molecule has 1 aliphatic rings. The summed E-state index contributed by atoms with van der Waals surface area (Å²) in [6, 6.07) is 15.3. The molecule has 0 bridgehead atoms. The van der Waals surface area contributed by atoms with Gasteiger partial charge < -0.3 is 10.6 Å². The Morgan fingerprint density at radius 3 is 2.42 bits per heavy atom. The lowest BCUT2D eigenvalue weighted by molar-refractivity contribution is -0.128. The van der Waals surface area contributed by atoms with Crippen LogP contribution in [0.15, 0.2) is 59.5 Å². The maximum absolute atomic E-state index is 13.2. The van der Waals surface area contributed by atoms with E-state index in [1.54, 1.807) is 35.2 Å². The molecule has 2 N–H and O–H groups in total. The number of anilines is 1. The third-order valence-corrected chi connectivity index (χ3v) is 6.35. The first-order valence-electron chi connectivity index (χ1n) is 8.56. The molecule has 7 heteroatoms. The minimum atomic E-state index is -3.86. The molecule has 0 saturated carbocycles. The Bertz CT molecular complexity index is 884. The summed E-state index contributed by atoms with van der Waals surface area (Å²) in [5, 5.41) is 0. The van der Waals surface area contributed by atoms with Crippen molar-refractivity contribution in [3.8, 4) is 0 Å². The number of benzene rings is 2. The van der Waals surface area contributed by atoms with Gasteiger partial charge in [0.15, 0.2) is 0 Å². The molecule has 1 heterocycles.